The van der Waals surface area contributed by atoms with Crippen molar-refractivity contribution in [3.63, 3.8) is 0 Å². The van der Waals surface area contributed by atoms with E-state index in [9.17, 15) is 4.79 Å². The molecule has 0 rings (SSSR count). The van der Waals surface area contributed by atoms with Crippen molar-refractivity contribution in [3.05, 3.63) is 0 Å². The zero-order valence-corrected chi connectivity index (χ0v) is 10.4. The van der Waals surface area contributed by atoms with Crippen LogP contribution in [-0.2, 0) is 9.53 Å². The summed E-state index contributed by atoms with van der Waals surface area (Å²) in [7, 11) is 0. The number of hydrogen-bond donors (Lipinski definition) is 2. The highest BCUT2D eigenvalue weighted by atomic mass is 16.5. The Balaban J connectivity index is 3.34. The smallest absolute Gasteiger partial charge is 0.221 e. The number of hydrogen-bond acceptors (Lipinski definition) is 3. The first-order chi connectivity index (χ1) is 6.95. The molecule has 0 fully saturated rings. The van der Waals surface area contributed by atoms with Crippen molar-refractivity contribution in [3.8, 4) is 0 Å². The average Bonchev–Trinajstić information content (AvgIpc) is 2.10. The zero-order valence-electron chi connectivity index (χ0n) is 10.4. The van der Waals surface area contributed by atoms with Crippen LogP contribution in [-0.4, -0.2) is 37.7 Å². The number of rotatable bonds is 7. The van der Waals surface area contributed by atoms with Gasteiger partial charge in [-0.3, -0.25) is 4.79 Å². The first kappa shape index (κ1) is 14.4. The van der Waals surface area contributed by atoms with Gasteiger partial charge in [-0.05, 0) is 27.7 Å². The fourth-order valence-electron chi connectivity index (χ4n) is 1.05. The molecule has 0 aliphatic heterocycles. The Morgan fingerprint density at radius 3 is 2.47 bits per heavy atom. The standard InChI is InChI=1S/C11H24N2O2/c1-5-15-9-8-12-10(14)6-7-13-11(2,3)4/h13H,5-9H2,1-4H3,(H,12,14). The molecule has 2 N–H and O–H groups in total. The molecule has 0 aliphatic rings. The summed E-state index contributed by atoms with van der Waals surface area (Å²) >= 11 is 0. The number of carbonyl (C=O) groups excluding carboxylic acids is 1. The summed E-state index contributed by atoms with van der Waals surface area (Å²) in [5.74, 6) is 0.0754. The van der Waals surface area contributed by atoms with Crippen molar-refractivity contribution in [2.24, 2.45) is 0 Å². The van der Waals surface area contributed by atoms with E-state index in [1.54, 1.807) is 0 Å². The van der Waals surface area contributed by atoms with E-state index < -0.39 is 0 Å². The van der Waals surface area contributed by atoms with E-state index in [4.69, 9.17) is 4.74 Å². The van der Waals surface area contributed by atoms with Crippen LogP contribution in [0.25, 0.3) is 0 Å². The van der Waals surface area contributed by atoms with E-state index in [2.05, 4.69) is 31.4 Å². The van der Waals surface area contributed by atoms with E-state index in [-0.39, 0.29) is 11.4 Å². The summed E-state index contributed by atoms with van der Waals surface area (Å²) in [5.41, 5.74) is 0.0750. The van der Waals surface area contributed by atoms with Crippen LogP contribution in [0, 0.1) is 0 Å². The van der Waals surface area contributed by atoms with Crippen molar-refractivity contribution < 1.29 is 9.53 Å². The Labute approximate surface area is 92.8 Å². The number of nitrogens with one attached hydrogen (secondary N) is 2. The second-order valence-electron chi connectivity index (χ2n) is 4.47. The molecule has 0 bridgehead atoms. The van der Waals surface area contributed by atoms with Crippen LogP contribution in [0.3, 0.4) is 0 Å². The molecule has 90 valence electrons. The van der Waals surface area contributed by atoms with E-state index >= 15 is 0 Å². The summed E-state index contributed by atoms with van der Waals surface area (Å²) < 4.78 is 5.11. The Morgan fingerprint density at radius 2 is 1.93 bits per heavy atom. The third kappa shape index (κ3) is 11.3. The van der Waals surface area contributed by atoms with Gasteiger partial charge in [-0.2, -0.15) is 0 Å². The maximum absolute atomic E-state index is 11.3. The SMILES string of the molecule is CCOCCNC(=O)CCNC(C)(C)C. The monoisotopic (exact) mass is 216 g/mol. The molecule has 15 heavy (non-hydrogen) atoms. The highest BCUT2D eigenvalue weighted by molar-refractivity contribution is 5.76. The summed E-state index contributed by atoms with van der Waals surface area (Å²) in [4.78, 5) is 11.3. The van der Waals surface area contributed by atoms with Gasteiger partial charge in [-0.15, -0.1) is 0 Å². The molecule has 0 aliphatic carbocycles. The minimum absolute atomic E-state index is 0.0750. The van der Waals surface area contributed by atoms with Crippen LogP contribution in [0.5, 0.6) is 0 Å². The maximum Gasteiger partial charge on any atom is 0.221 e. The van der Waals surface area contributed by atoms with Crippen LogP contribution < -0.4 is 10.6 Å². The molecular formula is C11H24N2O2. The van der Waals surface area contributed by atoms with Crippen LogP contribution in [0.1, 0.15) is 34.1 Å². The second kappa shape index (κ2) is 7.65. The van der Waals surface area contributed by atoms with Gasteiger partial charge in [0.15, 0.2) is 0 Å². The topological polar surface area (TPSA) is 50.4 Å². The van der Waals surface area contributed by atoms with Gasteiger partial charge in [-0.1, -0.05) is 0 Å². The molecule has 4 nitrogen and oxygen atoms in total. The minimum atomic E-state index is 0.0750. The molecule has 0 saturated heterocycles. The molecule has 0 spiro atoms. The van der Waals surface area contributed by atoms with Gasteiger partial charge in [0, 0.05) is 31.7 Å². The molecule has 0 heterocycles. The predicted octanol–water partition coefficient (Wildman–Crippen LogP) is 0.917. The van der Waals surface area contributed by atoms with Gasteiger partial charge in [0.1, 0.15) is 0 Å². The van der Waals surface area contributed by atoms with Gasteiger partial charge in [0.25, 0.3) is 0 Å². The molecule has 0 unspecified atom stereocenters. The van der Waals surface area contributed by atoms with Gasteiger partial charge >= 0.3 is 0 Å². The minimum Gasteiger partial charge on any atom is -0.380 e. The molecule has 1 amide bonds. The van der Waals surface area contributed by atoms with Gasteiger partial charge < -0.3 is 15.4 Å². The molecule has 4 heteroatoms. The molecule has 0 aromatic heterocycles. The lowest BCUT2D eigenvalue weighted by Crippen LogP contribution is -2.38. The maximum atomic E-state index is 11.3. The quantitative estimate of drug-likeness (QED) is 0.622. The van der Waals surface area contributed by atoms with Crippen LogP contribution in [0.4, 0.5) is 0 Å². The van der Waals surface area contributed by atoms with Crippen molar-refractivity contribution in [1.82, 2.24) is 10.6 Å². The van der Waals surface area contributed by atoms with Gasteiger partial charge in [-0.25, -0.2) is 0 Å². The number of amides is 1. The Hall–Kier alpha value is -0.610. The van der Waals surface area contributed by atoms with E-state index in [1.165, 1.54) is 0 Å². The lowest BCUT2D eigenvalue weighted by Gasteiger charge is -2.20. The van der Waals surface area contributed by atoms with Crippen LogP contribution >= 0.6 is 0 Å². The van der Waals surface area contributed by atoms with E-state index in [0.717, 1.165) is 0 Å². The fraction of sp³-hybridized carbons (Fsp3) is 0.909. The Kier molecular flexibility index (Phi) is 7.34. The molecule has 0 atom stereocenters. The summed E-state index contributed by atoms with van der Waals surface area (Å²) in [6.45, 7) is 10.8. The lowest BCUT2D eigenvalue weighted by molar-refractivity contribution is -0.121. The highest BCUT2D eigenvalue weighted by Gasteiger charge is 2.08. The van der Waals surface area contributed by atoms with E-state index in [1.807, 2.05) is 6.92 Å². The Morgan fingerprint density at radius 1 is 1.27 bits per heavy atom. The first-order valence-corrected chi connectivity index (χ1v) is 5.55. The second-order valence-corrected chi connectivity index (χ2v) is 4.47. The third-order valence-electron chi connectivity index (χ3n) is 1.78. The van der Waals surface area contributed by atoms with Crippen LogP contribution in [0.15, 0.2) is 0 Å². The summed E-state index contributed by atoms with van der Waals surface area (Å²) in [6, 6.07) is 0. The summed E-state index contributed by atoms with van der Waals surface area (Å²) in [6.07, 6.45) is 0.517. The zero-order chi connectivity index (χ0) is 11.7. The van der Waals surface area contributed by atoms with Crippen molar-refractivity contribution in [2.75, 3.05) is 26.3 Å². The third-order valence-corrected chi connectivity index (χ3v) is 1.78. The average molecular weight is 216 g/mol. The first-order valence-electron chi connectivity index (χ1n) is 5.55. The van der Waals surface area contributed by atoms with Crippen molar-refractivity contribution >= 4 is 5.91 Å². The largest absolute Gasteiger partial charge is 0.380 e. The van der Waals surface area contributed by atoms with E-state index in [0.29, 0.717) is 32.7 Å². The van der Waals surface area contributed by atoms with Gasteiger partial charge in [0.05, 0.1) is 6.61 Å². The lowest BCUT2D eigenvalue weighted by atomic mass is 10.1. The summed E-state index contributed by atoms with van der Waals surface area (Å²) in [5, 5.41) is 6.06. The molecule has 0 radical (unpaired) electrons. The molecule has 0 saturated carbocycles. The predicted molar refractivity (Wildman–Crippen MR) is 61.9 cm³/mol. The van der Waals surface area contributed by atoms with Crippen molar-refractivity contribution in [1.29, 1.82) is 0 Å². The highest BCUT2D eigenvalue weighted by Crippen LogP contribution is 1.97. The molecular weight excluding hydrogens is 192 g/mol. The molecule has 0 aromatic carbocycles. The number of carbonyl (C=O) groups is 1. The normalized spacial score (nSPS) is 11.5. The van der Waals surface area contributed by atoms with Gasteiger partial charge in [0.2, 0.25) is 5.91 Å². The Bertz CT molecular complexity index is 176. The van der Waals surface area contributed by atoms with Crippen LogP contribution in [0.2, 0.25) is 0 Å². The molecule has 0 aromatic rings. The van der Waals surface area contributed by atoms with Crippen molar-refractivity contribution in [2.45, 2.75) is 39.7 Å². The fourth-order valence-corrected chi connectivity index (χ4v) is 1.05. The number of ether oxygens (including phenoxy) is 1.